The quantitative estimate of drug-likeness (QED) is 0.890. The second-order valence-electron chi connectivity index (χ2n) is 6.34. The van der Waals surface area contributed by atoms with E-state index in [1.807, 2.05) is 0 Å². The third-order valence-electron chi connectivity index (χ3n) is 4.36. The number of aromatic nitrogens is 1. The van der Waals surface area contributed by atoms with Crippen molar-refractivity contribution >= 4 is 10.0 Å². The molecule has 1 unspecified atom stereocenters. The summed E-state index contributed by atoms with van der Waals surface area (Å²) in [6, 6.07) is 1.50. The molecule has 0 bridgehead atoms. The molecule has 1 aromatic heterocycles. The molecule has 1 aliphatic rings. The maximum Gasteiger partial charge on any atom is 0.242 e. The highest BCUT2D eigenvalue weighted by Gasteiger charge is 2.35. The van der Waals surface area contributed by atoms with Crippen LogP contribution in [0.4, 0.5) is 0 Å². The molecule has 20 heavy (non-hydrogen) atoms. The van der Waals surface area contributed by atoms with Crippen LogP contribution in [0, 0.1) is 5.41 Å². The Morgan fingerprint density at radius 1 is 1.45 bits per heavy atom. The summed E-state index contributed by atoms with van der Waals surface area (Å²) in [6.07, 6.45) is 5.69. The highest BCUT2D eigenvalue weighted by molar-refractivity contribution is 7.89. The third kappa shape index (κ3) is 3.07. The van der Waals surface area contributed by atoms with Crippen molar-refractivity contribution in [3.8, 4) is 0 Å². The fourth-order valence-electron chi connectivity index (χ4n) is 2.85. The van der Waals surface area contributed by atoms with E-state index in [0.29, 0.717) is 5.69 Å². The molecule has 0 aromatic carbocycles. The van der Waals surface area contributed by atoms with Gasteiger partial charge in [-0.3, -0.25) is 0 Å². The molecule has 1 fully saturated rings. The molecule has 1 saturated carbocycles. The van der Waals surface area contributed by atoms with Crippen molar-refractivity contribution in [3.05, 3.63) is 18.0 Å². The molecule has 1 aliphatic carbocycles. The number of aliphatic hydroxyl groups excluding tert-OH is 1. The van der Waals surface area contributed by atoms with Gasteiger partial charge in [0.05, 0.1) is 11.5 Å². The number of nitrogens with one attached hydrogen (secondary N) is 1. The largest absolute Gasteiger partial charge is 0.390 e. The summed E-state index contributed by atoms with van der Waals surface area (Å²) in [5.41, 5.74) is 0.577. The number of hydrogen-bond donors (Lipinski definition) is 2. The van der Waals surface area contributed by atoms with E-state index >= 15 is 0 Å². The van der Waals surface area contributed by atoms with Gasteiger partial charge in [0, 0.05) is 25.0 Å². The molecule has 2 rings (SSSR count). The Labute approximate surface area is 121 Å². The van der Waals surface area contributed by atoms with Crippen molar-refractivity contribution in [2.45, 2.75) is 57.1 Å². The molecular formula is C14H24N2O3S. The lowest BCUT2D eigenvalue weighted by Gasteiger charge is -2.38. The number of sulfonamides is 1. The van der Waals surface area contributed by atoms with E-state index in [2.05, 4.69) is 18.6 Å². The number of rotatable bonds is 4. The molecular weight excluding hydrogens is 276 g/mol. The minimum absolute atomic E-state index is 0.0140. The van der Waals surface area contributed by atoms with Crippen LogP contribution in [0.5, 0.6) is 0 Å². The van der Waals surface area contributed by atoms with Crippen LogP contribution in [0.2, 0.25) is 0 Å². The summed E-state index contributed by atoms with van der Waals surface area (Å²) in [6.45, 7) is 4.06. The van der Waals surface area contributed by atoms with Gasteiger partial charge in [0.2, 0.25) is 10.0 Å². The van der Waals surface area contributed by atoms with Gasteiger partial charge >= 0.3 is 0 Å². The Balaban J connectivity index is 2.22. The maximum absolute atomic E-state index is 12.5. The predicted octanol–water partition coefficient (Wildman–Crippen LogP) is 1.76. The zero-order valence-corrected chi connectivity index (χ0v) is 13.2. The second kappa shape index (κ2) is 5.50. The summed E-state index contributed by atoms with van der Waals surface area (Å²) in [7, 11) is -1.79. The van der Waals surface area contributed by atoms with Crippen molar-refractivity contribution in [2.75, 3.05) is 0 Å². The minimum atomic E-state index is -3.52. The first-order valence-corrected chi connectivity index (χ1v) is 8.53. The molecule has 6 heteroatoms. The van der Waals surface area contributed by atoms with Gasteiger partial charge in [-0.1, -0.05) is 26.7 Å². The monoisotopic (exact) mass is 300 g/mol. The van der Waals surface area contributed by atoms with Gasteiger partial charge in [-0.15, -0.1) is 0 Å². The third-order valence-corrected chi connectivity index (χ3v) is 5.80. The Hall–Kier alpha value is -0.850. The van der Waals surface area contributed by atoms with Gasteiger partial charge in [0.1, 0.15) is 0 Å². The van der Waals surface area contributed by atoms with Gasteiger partial charge in [0.15, 0.2) is 0 Å². The molecule has 5 nitrogen and oxygen atoms in total. The molecule has 1 heterocycles. The molecule has 0 radical (unpaired) electrons. The molecule has 0 aliphatic heterocycles. The number of hydrogen-bond acceptors (Lipinski definition) is 3. The molecule has 2 N–H and O–H groups in total. The molecule has 114 valence electrons. The van der Waals surface area contributed by atoms with Gasteiger partial charge in [-0.2, -0.15) is 0 Å². The zero-order chi connectivity index (χ0) is 15.0. The summed E-state index contributed by atoms with van der Waals surface area (Å²) >= 11 is 0. The lowest BCUT2D eigenvalue weighted by atomic mass is 9.74. The molecule has 1 aromatic rings. The first-order valence-electron chi connectivity index (χ1n) is 7.05. The van der Waals surface area contributed by atoms with E-state index < -0.39 is 10.0 Å². The summed E-state index contributed by atoms with van der Waals surface area (Å²) < 4.78 is 29.4. The maximum atomic E-state index is 12.5. The second-order valence-corrected chi connectivity index (χ2v) is 8.06. The van der Waals surface area contributed by atoms with Crippen molar-refractivity contribution < 1.29 is 13.5 Å². The summed E-state index contributed by atoms with van der Waals surface area (Å²) in [4.78, 5) is 0.227. The van der Waals surface area contributed by atoms with E-state index in [1.165, 1.54) is 6.07 Å². The van der Waals surface area contributed by atoms with Crippen LogP contribution in [0.1, 0.15) is 45.2 Å². The summed E-state index contributed by atoms with van der Waals surface area (Å²) in [5, 5.41) is 9.17. The van der Waals surface area contributed by atoms with E-state index in [1.54, 1.807) is 17.8 Å². The standard InChI is InChI=1S/C14H24N2O3S/c1-14(2)7-5-4-6-13(14)15-20(18,19)12-8-11(10-17)16(3)9-12/h8-9,13,15,17H,4-7,10H2,1-3H3. The fourth-order valence-corrected chi connectivity index (χ4v) is 4.38. The Kier molecular flexibility index (Phi) is 4.27. The van der Waals surface area contributed by atoms with Crippen LogP contribution < -0.4 is 4.72 Å². The smallest absolute Gasteiger partial charge is 0.242 e. The van der Waals surface area contributed by atoms with Gasteiger partial charge in [0.25, 0.3) is 0 Å². The molecule has 1 atom stereocenters. The zero-order valence-electron chi connectivity index (χ0n) is 12.4. The van der Waals surface area contributed by atoms with Crippen LogP contribution in [-0.4, -0.2) is 24.1 Å². The summed E-state index contributed by atoms with van der Waals surface area (Å²) in [5.74, 6) is 0. The van der Waals surface area contributed by atoms with E-state index in [4.69, 9.17) is 5.11 Å². The first kappa shape index (κ1) is 15.5. The van der Waals surface area contributed by atoms with Crippen LogP contribution in [0.25, 0.3) is 0 Å². The minimum Gasteiger partial charge on any atom is -0.390 e. The normalized spacial score (nSPS) is 22.9. The number of nitrogens with zero attached hydrogens (tertiary/aromatic N) is 1. The lowest BCUT2D eigenvalue weighted by molar-refractivity contribution is 0.188. The average Bonchev–Trinajstić information content (AvgIpc) is 2.74. The topological polar surface area (TPSA) is 71.3 Å². The average molecular weight is 300 g/mol. The molecule has 0 saturated heterocycles. The Morgan fingerprint density at radius 2 is 2.15 bits per heavy atom. The molecule has 0 amide bonds. The van der Waals surface area contributed by atoms with Crippen molar-refractivity contribution in [1.29, 1.82) is 0 Å². The highest BCUT2D eigenvalue weighted by atomic mass is 32.2. The lowest BCUT2D eigenvalue weighted by Crippen LogP contribution is -2.46. The van der Waals surface area contributed by atoms with Crippen LogP contribution in [0.15, 0.2) is 17.2 Å². The SMILES string of the molecule is Cn1cc(S(=O)(=O)NC2CCCCC2(C)C)cc1CO. The van der Waals surface area contributed by atoms with Crippen LogP contribution >= 0.6 is 0 Å². The number of aliphatic hydroxyl groups is 1. The van der Waals surface area contributed by atoms with Gasteiger partial charge in [-0.25, -0.2) is 13.1 Å². The van der Waals surface area contributed by atoms with Crippen molar-refractivity contribution in [2.24, 2.45) is 12.5 Å². The van der Waals surface area contributed by atoms with Crippen LogP contribution in [0.3, 0.4) is 0 Å². The van der Waals surface area contributed by atoms with E-state index in [0.717, 1.165) is 25.7 Å². The Morgan fingerprint density at radius 3 is 2.70 bits per heavy atom. The van der Waals surface area contributed by atoms with E-state index in [-0.39, 0.29) is 23.0 Å². The fraction of sp³-hybridized carbons (Fsp3) is 0.714. The highest BCUT2D eigenvalue weighted by Crippen LogP contribution is 2.36. The number of aryl methyl sites for hydroxylation is 1. The van der Waals surface area contributed by atoms with Crippen LogP contribution in [-0.2, 0) is 23.7 Å². The predicted molar refractivity (Wildman–Crippen MR) is 77.7 cm³/mol. The van der Waals surface area contributed by atoms with Gasteiger partial charge < -0.3 is 9.67 Å². The molecule has 0 spiro atoms. The first-order chi connectivity index (χ1) is 9.26. The van der Waals surface area contributed by atoms with Gasteiger partial charge in [-0.05, 0) is 24.3 Å². The Bertz CT molecular complexity index is 575. The van der Waals surface area contributed by atoms with Crippen molar-refractivity contribution in [1.82, 2.24) is 9.29 Å². The van der Waals surface area contributed by atoms with Crippen molar-refractivity contribution in [3.63, 3.8) is 0 Å². The van der Waals surface area contributed by atoms with E-state index in [9.17, 15) is 8.42 Å².